The molecule has 0 spiro atoms. The summed E-state index contributed by atoms with van der Waals surface area (Å²) >= 11 is 1.76. The molecule has 0 aliphatic rings. The average Bonchev–Trinajstić information content (AvgIpc) is 3.48. The maximum Gasteiger partial charge on any atom is 0.143 e. The molecule has 0 amide bonds. The third-order valence-electron chi connectivity index (χ3n) is 7.24. The van der Waals surface area contributed by atoms with Crippen LogP contribution in [0.15, 0.2) is 108 Å². The molecule has 6 aromatic carbocycles. The van der Waals surface area contributed by atoms with Crippen LogP contribution >= 0.6 is 11.3 Å². The van der Waals surface area contributed by atoms with Gasteiger partial charge in [-0.15, -0.1) is 11.3 Å². The fourth-order valence-electron chi connectivity index (χ4n) is 5.54. The highest BCUT2D eigenvalue weighted by atomic mass is 32.1. The van der Waals surface area contributed by atoms with E-state index in [2.05, 4.69) is 97.1 Å². The summed E-state index contributed by atoms with van der Waals surface area (Å²) in [5, 5.41) is 18.8. The molecule has 0 aliphatic heterocycles. The van der Waals surface area contributed by atoms with E-state index in [0.29, 0.717) is 5.56 Å². The number of furan rings is 1. The first-order chi connectivity index (χ1) is 17.8. The van der Waals surface area contributed by atoms with E-state index >= 15 is 0 Å². The van der Waals surface area contributed by atoms with Crippen molar-refractivity contribution in [2.45, 2.75) is 0 Å². The molecule has 0 radical (unpaired) electrons. The van der Waals surface area contributed by atoms with Crippen molar-refractivity contribution in [3.05, 3.63) is 109 Å². The fourth-order valence-corrected chi connectivity index (χ4v) is 6.61. The van der Waals surface area contributed by atoms with E-state index in [0.717, 1.165) is 38.5 Å². The smallest absolute Gasteiger partial charge is 0.143 e. The van der Waals surface area contributed by atoms with E-state index in [1.54, 1.807) is 11.3 Å². The van der Waals surface area contributed by atoms with Gasteiger partial charge in [-0.2, -0.15) is 5.26 Å². The SMILES string of the molecule is N#Cc1ccc2sc3ccc(-c4cc5ccccc5c5c4oc4cc6ccccc6cc45)cc3c2c1. The molecule has 0 aliphatic carbocycles. The Balaban J connectivity index is 1.50. The number of rotatable bonds is 1. The summed E-state index contributed by atoms with van der Waals surface area (Å²) in [5.74, 6) is 0. The van der Waals surface area contributed by atoms with Crippen LogP contribution in [0.4, 0.5) is 0 Å². The Hall–Kier alpha value is -4.65. The number of thiophene rings is 1. The van der Waals surface area contributed by atoms with Crippen LogP contribution in [-0.4, -0.2) is 0 Å². The standard InChI is InChI=1S/C33H17NOS/c34-18-19-9-11-30-26(13-19)27-16-23(10-12-31(27)36-30)25-15-22-7-3-4-8-24(22)32-28-14-20-5-1-2-6-21(20)17-29(28)35-33(25)32/h1-17H. The number of benzene rings is 6. The summed E-state index contributed by atoms with van der Waals surface area (Å²) < 4.78 is 9.05. The number of nitrogens with zero attached hydrogens (tertiary/aromatic N) is 1. The first kappa shape index (κ1) is 19.6. The highest BCUT2D eigenvalue weighted by molar-refractivity contribution is 7.25. The van der Waals surface area contributed by atoms with Crippen LogP contribution in [0.3, 0.4) is 0 Å². The first-order valence-electron chi connectivity index (χ1n) is 11.9. The number of hydrogen-bond acceptors (Lipinski definition) is 3. The second-order valence-corrected chi connectivity index (χ2v) is 10.4. The molecule has 36 heavy (non-hydrogen) atoms. The van der Waals surface area contributed by atoms with Gasteiger partial charge in [0.2, 0.25) is 0 Å². The normalized spacial score (nSPS) is 11.9. The summed E-state index contributed by atoms with van der Waals surface area (Å²) in [4.78, 5) is 0. The molecule has 8 aromatic rings. The summed E-state index contributed by atoms with van der Waals surface area (Å²) in [6.07, 6.45) is 0. The topological polar surface area (TPSA) is 36.9 Å². The first-order valence-corrected chi connectivity index (χ1v) is 12.7. The van der Waals surface area contributed by atoms with Crippen molar-refractivity contribution in [2.75, 3.05) is 0 Å². The van der Waals surface area contributed by atoms with E-state index in [1.165, 1.54) is 36.3 Å². The lowest BCUT2D eigenvalue weighted by atomic mass is 9.95. The fraction of sp³-hybridized carbons (Fsp3) is 0. The van der Waals surface area contributed by atoms with E-state index < -0.39 is 0 Å². The van der Waals surface area contributed by atoms with E-state index in [9.17, 15) is 5.26 Å². The Labute approximate surface area is 210 Å². The van der Waals surface area contributed by atoms with Gasteiger partial charge in [0.05, 0.1) is 11.6 Å². The van der Waals surface area contributed by atoms with Gasteiger partial charge in [0, 0.05) is 36.5 Å². The molecule has 0 atom stereocenters. The van der Waals surface area contributed by atoms with Crippen LogP contribution < -0.4 is 0 Å². The molecule has 8 rings (SSSR count). The molecular weight excluding hydrogens is 458 g/mol. The van der Waals surface area contributed by atoms with Gasteiger partial charge in [-0.3, -0.25) is 0 Å². The lowest BCUT2D eigenvalue weighted by Gasteiger charge is -2.08. The van der Waals surface area contributed by atoms with Gasteiger partial charge in [-0.1, -0.05) is 54.6 Å². The highest BCUT2D eigenvalue weighted by Crippen LogP contribution is 2.43. The number of nitriles is 1. The molecule has 2 aromatic heterocycles. The van der Waals surface area contributed by atoms with E-state index in [-0.39, 0.29) is 0 Å². The molecule has 2 heterocycles. The van der Waals surface area contributed by atoms with Crippen molar-refractivity contribution in [1.82, 2.24) is 0 Å². The minimum Gasteiger partial charge on any atom is -0.455 e. The highest BCUT2D eigenvalue weighted by Gasteiger charge is 2.18. The molecule has 0 N–H and O–H groups in total. The van der Waals surface area contributed by atoms with Crippen molar-refractivity contribution in [3.8, 4) is 17.2 Å². The largest absolute Gasteiger partial charge is 0.455 e. The minimum absolute atomic E-state index is 0.685. The van der Waals surface area contributed by atoms with Gasteiger partial charge in [-0.25, -0.2) is 0 Å². The Morgan fingerprint density at radius 2 is 1.33 bits per heavy atom. The van der Waals surface area contributed by atoms with Crippen molar-refractivity contribution < 1.29 is 4.42 Å². The van der Waals surface area contributed by atoms with Gasteiger partial charge in [-0.05, 0) is 75.6 Å². The number of fused-ring (bicyclic) bond motifs is 9. The van der Waals surface area contributed by atoms with E-state index in [4.69, 9.17) is 4.42 Å². The van der Waals surface area contributed by atoms with Crippen LogP contribution in [0.25, 0.3) is 74.8 Å². The molecule has 0 fully saturated rings. The maximum atomic E-state index is 9.44. The van der Waals surface area contributed by atoms with Crippen molar-refractivity contribution in [1.29, 1.82) is 5.26 Å². The third kappa shape index (κ3) is 2.71. The predicted octanol–water partition coefficient (Wildman–Crippen LogP) is 9.80. The molecule has 2 nitrogen and oxygen atoms in total. The van der Waals surface area contributed by atoms with E-state index in [1.807, 2.05) is 12.1 Å². The zero-order valence-electron chi connectivity index (χ0n) is 19.1. The van der Waals surface area contributed by atoms with Crippen LogP contribution in [0.1, 0.15) is 5.56 Å². The molecule has 0 saturated carbocycles. The molecule has 0 unspecified atom stereocenters. The van der Waals surface area contributed by atoms with Crippen LogP contribution in [0.5, 0.6) is 0 Å². The van der Waals surface area contributed by atoms with Gasteiger partial charge in [0.25, 0.3) is 0 Å². The molecule has 3 heteroatoms. The second-order valence-electron chi connectivity index (χ2n) is 9.28. The van der Waals surface area contributed by atoms with Crippen LogP contribution in [0, 0.1) is 11.3 Å². The summed E-state index contributed by atoms with van der Waals surface area (Å²) in [7, 11) is 0. The number of hydrogen-bond donors (Lipinski definition) is 0. The third-order valence-corrected chi connectivity index (χ3v) is 8.39. The second kappa shape index (κ2) is 7.18. The Kier molecular flexibility index (Phi) is 3.92. The monoisotopic (exact) mass is 475 g/mol. The van der Waals surface area contributed by atoms with Crippen LogP contribution in [-0.2, 0) is 0 Å². The van der Waals surface area contributed by atoms with Gasteiger partial charge in [0.15, 0.2) is 0 Å². The van der Waals surface area contributed by atoms with Crippen molar-refractivity contribution in [2.24, 2.45) is 0 Å². The molecule has 166 valence electrons. The predicted molar refractivity (Wildman–Crippen MR) is 152 cm³/mol. The lowest BCUT2D eigenvalue weighted by Crippen LogP contribution is -1.82. The summed E-state index contributed by atoms with van der Waals surface area (Å²) in [6, 6.07) is 38.5. The zero-order valence-corrected chi connectivity index (χ0v) is 19.9. The minimum atomic E-state index is 0.685. The summed E-state index contributed by atoms with van der Waals surface area (Å²) in [6.45, 7) is 0. The zero-order chi connectivity index (χ0) is 23.8. The van der Waals surface area contributed by atoms with Crippen LogP contribution in [0.2, 0.25) is 0 Å². The molecular formula is C33H17NOS. The Morgan fingerprint density at radius 1 is 0.611 bits per heavy atom. The van der Waals surface area contributed by atoms with Crippen molar-refractivity contribution in [3.63, 3.8) is 0 Å². The Morgan fingerprint density at radius 3 is 2.17 bits per heavy atom. The van der Waals surface area contributed by atoms with Gasteiger partial charge < -0.3 is 4.42 Å². The summed E-state index contributed by atoms with van der Waals surface area (Å²) in [5.41, 5.74) is 4.70. The lowest BCUT2D eigenvalue weighted by molar-refractivity contribution is 0.671. The quantitative estimate of drug-likeness (QED) is 0.237. The molecule has 0 saturated heterocycles. The van der Waals surface area contributed by atoms with Gasteiger partial charge in [0.1, 0.15) is 11.2 Å². The average molecular weight is 476 g/mol. The molecule has 0 bridgehead atoms. The van der Waals surface area contributed by atoms with Crippen molar-refractivity contribution >= 4 is 75.0 Å². The van der Waals surface area contributed by atoms with Gasteiger partial charge >= 0.3 is 0 Å². The Bertz CT molecular complexity index is 2230. The maximum absolute atomic E-state index is 9.44.